The number of hydrogen-bond acceptors (Lipinski definition) is 4. The lowest BCUT2D eigenvalue weighted by Gasteiger charge is -2.11. The largest absolute Gasteiger partial charge is 0.331 e. The highest BCUT2D eigenvalue weighted by Crippen LogP contribution is 2.29. The third kappa shape index (κ3) is 4.54. The average Bonchev–Trinajstić information content (AvgIpc) is 3.22. The molecule has 0 aliphatic carbocycles. The minimum atomic E-state index is -0.548. The molecule has 0 saturated carbocycles. The molecule has 0 fully saturated rings. The molecule has 5 rings (SSSR count). The maximum Gasteiger partial charge on any atom is 0.331 e. The van der Waals surface area contributed by atoms with E-state index in [1.807, 2.05) is 85.9 Å². The Morgan fingerprint density at radius 2 is 1.63 bits per heavy atom. The monoisotopic (exact) mass is 465 g/mol. The van der Waals surface area contributed by atoms with Crippen LogP contribution in [0, 0.1) is 6.92 Å². The van der Waals surface area contributed by atoms with E-state index in [9.17, 15) is 14.4 Å². The third-order valence-corrected chi connectivity index (χ3v) is 5.72. The van der Waals surface area contributed by atoms with E-state index in [1.54, 1.807) is 4.40 Å². The summed E-state index contributed by atoms with van der Waals surface area (Å²) in [6.45, 7) is 1.85. The molecule has 35 heavy (non-hydrogen) atoms. The second kappa shape index (κ2) is 9.26. The molecule has 3 aromatic heterocycles. The van der Waals surface area contributed by atoms with Gasteiger partial charge in [0, 0.05) is 24.0 Å². The number of nitrogens with zero attached hydrogens (tertiary/aromatic N) is 4. The normalized spacial score (nSPS) is 11.0. The summed E-state index contributed by atoms with van der Waals surface area (Å²) in [5, 5.41) is 2.88. The summed E-state index contributed by atoms with van der Waals surface area (Å²) in [6.07, 6.45) is 3.29. The number of aryl methyl sites for hydroxylation is 1. The second-order valence-corrected chi connectivity index (χ2v) is 8.29. The van der Waals surface area contributed by atoms with E-state index in [0.29, 0.717) is 23.7 Å². The Kier molecular flexibility index (Phi) is 5.85. The van der Waals surface area contributed by atoms with Crippen LogP contribution >= 0.6 is 0 Å². The lowest BCUT2D eigenvalue weighted by atomic mass is 10.1. The highest BCUT2D eigenvalue weighted by atomic mass is 16.2. The van der Waals surface area contributed by atoms with Gasteiger partial charge in [-0.25, -0.2) is 9.78 Å². The van der Waals surface area contributed by atoms with Gasteiger partial charge in [0.2, 0.25) is 5.91 Å². The highest BCUT2D eigenvalue weighted by Gasteiger charge is 2.18. The zero-order chi connectivity index (χ0) is 24.4. The lowest BCUT2D eigenvalue weighted by molar-refractivity contribution is -0.116. The van der Waals surface area contributed by atoms with E-state index in [2.05, 4.69) is 5.32 Å². The summed E-state index contributed by atoms with van der Waals surface area (Å²) in [4.78, 5) is 43.3. The Bertz CT molecular complexity index is 1630. The van der Waals surface area contributed by atoms with Gasteiger partial charge in [-0.1, -0.05) is 60.7 Å². The fourth-order valence-corrected chi connectivity index (χ4v) is 3.98. The quantitative estimate of drug-likeness (QED) is 0.417. The van der Waals surface area contributed by atoms with E-state index in [4.69, 9.17) is 4.98 Å². The van der Waals surface area contributed by atoms with Crippen molar-refractivity contribution in [3.8, 4) is 11.3 Å². The molecule has 174 valence electrons. The first kappa shape index (κ1) is 22.1. The van der Waals surface area contributed by atoms with E-state index >= 15 is 0 Å². The fraction of sp³-hybridized carbons (Fsp3) is 0.111. The van der Waals surface area contributed by atoms with Crippen LogP contribution in [0.2, 0.25) is 0 Å². The minimum Gasteiger partial charge on any atom is -0.308 e. The van der Waals surface area contributed by atoms with Gasteiger partial charge in [0.25, 0.3) is 5.56 Å². The number of pyridine rings is 1. The summed E-state index contributed by atoms with van der Waals surface area (Å²) in [6, 6.07) is 24.1. The summed E-state index contributed by atoms with van der Waals surface area (Å²) in [5.41, 5.74) is 2.99. The Morgan fingerprint density at radius 1 is 0.914 bits per heavy atom. The minimum absolute atomic E-state index is 0.298. The van der Waals surface area contributed by atoms with Crippen LogP contribution in [0.1, 0.15) is 11.1 Å². The van der Waals surface area contributed by atoms with E-state index in [1.165, 1.54) is 16.8 Å². The van der Waals surface area contributed by atoms with Gasteiger partial charge < -0.3 is 5.32 Å². The van der Waals surface area contributed by atoms with Gasteiger partial charge in [0.15, 0.2) is 0 Å². The molecule has 0 aliphatic rings. The number of amides is 1. The predicted octanol–water partition coefficient (Wildman–Crippen LogP) is 3.32. The number of aromatic nitrogens is 4. The van der Waals surface area contributed by atoms with Crippen molar-refractivity contribution in [2.75, 3.05) is 5.32 Å². The molecule has 1 N–H and O–H groups in total. The summed E-state index contributed by atoms with van der Waals surface area (Å²) in [7, 11) is 0. The topological polar surface area (TPSA) is 90.4 Å². The van der Waals surface area contributed by atoms with Crippen molar-refractivity contribution in [2.45, 2.75) is 20.0 Å². The maximum atomic E-state index is 13.1. The fourth-order valence-electron chi connectivity index (χ4n) is 3.98. The Hall–Kier alpha value is -4.72. The van der Waals surface area contributed by atoms with Crippen LogP contribution in [-0.4, -0.2) is 24.4 Å². The zero-order valence-electron chi connectivity index (χ0n) is 19.1. The Morgan fingerprint density at radius 3 is 2.37 bits per heavy atom. The van der Waals surface area contributed by atoms with Crippen LogP contribution in [0.3, 0.4) is 0 Å². The first-order valence-electron chi connectivity index (χ1n) is 11.2. The van der Waals surface area contributed by atoms with Crippen molar-refractivity contribution in [2.24, 2.45) is 0 Å². The molecular formula is C27H23N5O3. The molecule has 8 heteroatoms. The Balaban J connectivity index is 1.47. The lowest BCUT2D eigenvalue weighted by Crippen LogP contribution is -2.42. The van der Waals surface area contributed by atoms with Crippen LogP contribution < -0.4 is 16.6 Å². The van der Waals surface area contributed by atoms with Crippen LogP contribution in [-0.2, 0) is 17.9 Å². The van der Waals surface area contributed by atoms with Crippen molar-refractivity contribution >= 4 is 17.4 Å². The molecule has 1 amide bonds. The maximum absolute atomic E-state index is 13.1. The molecule has 5 aromatic rings. The molecule has 2 aromatic carbocycles. The SMILES string of the molecule is Cc1ccn2c(NC(=O)Cn3c(=O)ccn(Cc4ccccc4)c3=O)c(-c3ccccc3)nc2c1. The second-order valence-electron chi connectivity index (χ2n) is 8.29. The molecule has 8 nitrogen and oxygen atoms in total. The van der Waals surface area contributed by atoms with Crippen molar-refractivity contribution in [1.29, 1.82) is 0 Å². The van der Waals surface area contributed by atoms with Crippen molar-refractivity contribution in [3.05, 3.63) is 123 Å². The molecule has 0 saturated heterocycles. The van der Waals surface area contributed by atoms with Crippen LogP contribution in [0.15, 0.2) is 101 Å². The number of hydrogen-bond donors (Lipinski definition) is 1. The number of imidazole rings is 1. The van der Waals surface area contributed by atoms with Gasteiger partial charge in [-0.2, -0.15) is 0 Å². The van der Waals surface area contributed by atoms with E-state index in [0.717, 1.165) is 21.3 Å². The standard InChI is InChI=1S/C27H23N5O3/c1-19-12-15-31-22(16-19)28-25(21-10-6-3-7-11-21)26(31)29-23(33)18-32-24(34)13-14-30(27(32)35)17-20-8-4-2-5-9-20/h2-16H,17-18H2,1H3,(H,29,33). The molecule has 0 bridgehead atoms. The molecular weight excluding hydrogens is 442 g/mol. The van der Waals surface area contributed by atoms with E-state index in [-0.39, 0.29) is 0 Å². The number of fused-ring (bicyclic) bond motifs is 1. The summed E-state index contributed by atoms with van der Waals surface area (Å²) in [5.74, 6) is -0.0222. The average molecular weight is 466 g/mol. The van der Waals surface area contributed by atoms with Crippen molar-refractivity contribution in [3.63, 3.8) is 0 Å². The van der Waals surface area contributed by atoms with Crippen molar-refractivity contribution < 1.29 is 4.79 Å². The molecule has 0 spiro atoms. The van der Waals surface area contributed by atoms with Crippen LogP contribution in [0.4, 0.5) is 5.82 Å². The van der Waals surface area contributed by atoms with Gasteiger partial charge in [0.1, 0.15) is 23.7 Å². The zero-order valence-corrected chi connectivity index (χ0v) is 19.1. The van der Waals surface area contributed by atoms with Gasteiger partial charge in [0.05, 0.1) is 6.54 Å². The van der Waals surface area contributed by atoms with Gasteiger partial charge in [-0.05, 0) is 30.2 Å². The van der Waals surface area contributed by atoms with Gasteiger partial charge in [-0.15, -0.1) is 0 Å². The summed E-state index contributed by atoms with van der Waals surface area (Å²) < 4.78 is 4.14. The summed E-state index contributed by atoms with van der Waals surface area (Å²) >= 11 is 0. The van der Waals surface area contributed by atoms with E-state index < -0.39 is 23.7 Å². The predicted molar refractivity (Wildman–Crippen MR) is 135 cm³/mol. The van der Waals surface area contributed by atoms with Gasteiger partial charge in [-0.3, -0.25) is 23.1 Å². The smallest absolute Gasteiger partial charge is 0.308 e. The number of benzene rings is 2. The molecule has 0 aliphatic heterocycles. The third-order valence-electron chi connectivity index (χ3n) is 5.72. The number of rotatable bonds is 6. The highest BCUT2D eigenvalue weighted by molar-refractivity contribution is 5.94. The van der Waals surface area contributed by atoms with Crippen molar-refractivity contribution in [1.82, 2.24) is 18.5 Å². The number of carbonyl (C=O) groups excluding carboxylic acids is 1. The first-order chi connectivity index (χ1) is 17.0. The van der Waals surface area contributed by atoms with Crippen LogP contribution in [0.5, 0.6) is 0 Å². The number of anilines is 1. The molecule has 3 heterocycles. The first-order valence-corrected chi connectivity index (χ1v) is 11.2. The number of nitrogens with one attached hydrogen (secondary N) is 1. The molecule has 0 radical (unpaired) electrons. The number of carbonyl (C=O) groups is 1. The Labute approximate surface area is 200 Å². The van der Waals surface area contributed by atoms with Crippen LogP contribution in [0.25, 0.3) is 16.9 Å². The van der Waals surface area contributed by atoms with Gasteiger partial charge >= 0.3 is 5.69 Å². The molecule has 0 atom stereocenters. The molecule has 0 unspecified atom stereocenters.